The van der Waals surface area contributed by atoms with E-state index in [1.165, 1.54) is 12.1 Å². The lowest BCUT2D eigenvalue weighted by atomic mass is 9.94. The van der Waals surface area contributed by atoms with Gasteiger partial charge in [-0.2, -0.15) is 0 Å². The van der Waals surface area contributed by atoms with E-state index in [0.29, 0.717) is 13.1 Å². The van der Waals surface area contributed by atoms with Gasteiger partial charge in [-0.05, 0) is 41.8 Å². The molecule has 6 heteroatoms. The zero-order valence-electron chi connectivity index (χ0n) is 14.1. The van der Waals surface area contributed by atoms with Crippen LogP contribution >= 0.6 is 0 Å². The van der Waals surface area contributed by atoms with Crippen LogP contribution in [0.5, 0.6) is 5.75 Å². The van der Waals surface area contributed by atoms with Crippen molar-refractivity contribution in [2.45, 2.75) is 12.5 Å². The van der Waals surface area contributed by atoms with Crippen molar-refractivity contribution in [3.63, 3.8) is 0 Å². The topological polar surface area (TPSA) is 62.4 Å². The zero-order chi connectivity index (χ0) is 17.6. The van der Waals surface area contributed by atoms with Gasteiger partial charge in [0.2, 0.25) is 5.91 Å². The molecule has 1 aliphatic heterocycles. The number of methoxy groups -OCH3 is 1. The van der Waals surface area contributed by atoms with Crippen LogP contribution in [0.4, 0.5) is 4.39 Å². The number of carbonyl (C=O) groups excluding carboxylic acids is 1. The quantitative estimate of drug-likeness (QED) is 0.750. The third-order valence-corrected chi connectivity index (χ3v) is 4.42. The fourth-order valence-electron chi connectivity index (χ4n) is 2.98. The van der Waals surface area contributed by atoms with E-state index in [4.69, 9.17) is 4.74 Å². The van der Waals surface area contributed by atoms with Crippen LogP contribution in [0.1, 0.15) is 17.2 Å². The predicted molar refractivity (Wildman–Crippen MR) is 93.5 cm³/mol. The van der Waals surface area contributed by atoms with E-state index in [2.05, 4.69) is 16.2 Å². The molecule has 2 unspecified atom stereocenters. The molecular weight excluding hydrogens is 321 g/mol. The lowest BCUT2D eigenvalue weighted by Crippen LogP contribution is -2.36. The molecule has 132 valence electrons. The molecular formula is C19H22FN3O2. The standard InChI is InChI=1S/C19H22FN3O2/c1-25-16-8-2-13(3-9-16)10-11-21-19(24)17-12-22-23-18(17)14-4-6-15(20)7-5-14/h2-9,17-18,22-23H,10-12H2,1H3,(H,21,24). The van der Waals surface area contributed by atoms with Crippen LogP contribution in [-0.2, 0) is 11.2 Å². The van der Waals surface area contributed by atoms with Crippen molar-refractivity contribution in [2.75, 3.05) is 20.2 Å². The molecule has 1 fully saturated rings. The molecule has 2 atom stereocenters. The number of nitrogens with one attached hydrogen (secondary N) is 3. The molecule has 3 N–H and O–H groups in total. The number of ether oxygens (including phenoxy) is 1. The SMILES string of the molecule is COc1ccc(CCNC(=O)C2CNNC2c2ccc(F)cc2)cc1. The van der Waals surface area contributed by atoms with E-state index < -0.39 is 0 Å². The van der Waals surface area contributed by atoms with Crippen molar-refractivity contribution in [3.05, 3.63) is 65.5 Å². The van der Waals surface area contributed by atoms with Gasteiger partial charge in [-0.1, -0.05) is 24.3 Å². The molecule has 1 aliphatic rings. The smallest absolute Gasteiger partial charge is 0.226 e. The minimum atomic E-state index is -0.282. The lowest BCUT2D eigenvalue weighted by Gasteiger charge is -2.18. The Labute approximate surface area is 146 Å². The van der Waals surface area contributed by atoms with Crippen molar-refractivity contribution >= 4 is 5.91 Å². The lowest BCUT2D eigenvalue weighted by molar-refractivity contribution is -0.124. The maximum absolute atomic E-state index is 13.1. The van der Waals surface area contributed by atoms with Gasteiger partial charge in [0.25, 0.3) is 0 Å². The Balaban J connectivity index is 1.53. The first kappa shape index (κ1) is 17.4. The highest BCUT2D eigenvalue weighted by molar-refractivity contribution is 5.80. The largest absolute Gasteiger partial charge is 0.497 e. The van der Waals surface area contributed by atoms with Gasteiger partial charge in [0.15, 0.2) is 0 Å². The molecule has 0 saturated carbocycles. The van der Waals surface area contributed by atoms with E-state index in [1.54, 1.807) is 19.2 Å². The molecule has 0 radical (unpaired) electrons. The van der Waals surface area contributed by atoms with E-state index in [0.717, 1.165) is 23.3 Å². The van der Waals surface area contributed by atoms with Gasteiger partial charge in [0.1, 0.15) is 11.6 Å². The van der Waals surface area contributed by atoms with Crippen molar-refractivity contribution in [1.82, 2.24) is 16.2 Å². The second-order valence-electron chi connectivity index (χ2n) is 6.05. The fourth-order valence-corrected chi connectivity index (χ4v) is 2.98. The Morgan fingerprint density at radius 3 is 2.60 bits per heavy atom. The van der Waals surface area contributed by atoms with E-state index in [-0.39, 0.29) is 23.7 Å². The number of rotatable bonds is 6. The number of hydrogen-bond acceptors (Lipinski definition) is 4. The minimum absolute atomic E-state index is 0.0136. The van der Waals surface area contributed by atoms with Crippen molar-refractivity contribution in [1.29, 1.82) is 0 Å². The van der Waals surface area contributed by atoms with Gasteiger partial charge in [-0.3, -0.25) is 10.2 Å². The number of hydrogen-bond donors (Lipinski definition) is 3. The average Bonchev–Trinajstić information content (AvgIpc) is 3.13. The first-order valence-electron chi connectivity index (χ1n) is 8.32. The third kappa shape index (κ3) is 4.35. The second-order valence-corrected chi connectivity index (χ2v) is 6.05. The van der Waals surface area contributed by atoms with Crippen molar-refractivity contribution in [2.24, 2.45) is 5.92 Å². The van der Waals surface area contributed by atoms with Crippen LogP contribution in [0.15, 0.2) is 48.5 Å². The average molecular weight is 343 g/mol. The van der Waals surface area contributed by atoms with Gasteiger partial charge in [0.05, 0.1) is 19.1 Å². The molecule has 0 spiro atoms. The summed E-state index contributed by atoms with van der Waals surface area (Å²) in [4.78, 5) is 12.5. The fraction of sp³-hybridized carbons (Fsp3) is 0.316. The summed E-state index contributed by atoms with van der Waals surface area (Å²) in [5.41, 5.74) is 8.14. The maximum atomic E-state index is 13.1. The summed E-state index contributed by atoms with van der Waals surface area (Å²) in [5.74, 6) is 0.287. The van der Waals surface area contributed by atoms with Crippen LogP contribution in [0.2, 0.25) is 0 Å². The Morgan fingerprint density at radius 2 is 1.92 bits per heavy atom. The molecule has 1 amide bonds. The number of carbonyl (C=O) groups is 1. The summed E-state index contributed by atoms with van der Waals surface area (Å²) < 4.78 is 18.2. The predicted octanol–water partition coefficient (Wildman–Crippen LogP) is 1.96. The normalized spacial score (nSPS) is 19.6. The van der Waals surface area contributed by atoms with Crippen LogP contribution < -0.4 is 20.9 Å². The monoisotopic (exact) mass is 343 g/mol. The summed E-state index contributed by atoms with van der Waals surface area (Å²) >= 11 is 0. The van der Waals surface area contributed by atoms with Gasteiger partial charge >= 0.3 is 0 Å². The Kier molecular flexibility index (Phi) is 5.63. The van der Waals surface area contributed by atoms with Crippen LogP contribution in [0.3, 0.4) is 0 Å². The molecule has 5 nitrogen and oxygen atoms in total. The second kappa shape index (κ2) is 8.09. The van der Waals surface area contributed by atoms with E-state index in [1.807, 2.05) is 24.3 Å². The molecule has 0 aliphatic carbocycles. The molecule has 2 aromatic carbocycles. The first-order chi connectivity index (χ1) is 12.2. The van der Waals surface area contributed by atoms with E-state index >= 15 is 0 Å². The number of amides is 1. The first-order valence-corrected chi connectivity index (χ1v) is 8.32. The van der Waals surface area contributed by atoms with Gasteiger partial charge in [-0.25, -0.2) is 9.82 Å². The Bertz CT molecular complexity index is 704. The maximum Gasteiger partial charge on any atom is 0.226 e. The highest BCUT2D eigenvalue weighted by atomic mass is 19.1. The Hall–Kier alpha value is -2.44. The van der Waals surface area contributed by atoms with Gasteiger partial charge < -0.3 is 10.1 Å². The molecule has 25 heavy (non-hydrogen) atoms. The van der Waals surface area contributed by atoms with Gasteiger partial charge in [0, 0.05) is 13.1 Å². The summed E-state index contributed by atoms with van der Waals surface area (Å²) in [6, 6.07) is 13.9. The molecule has 1 heterocycles. The van der Waals surface area contributed by atoms with Gasteiger partial charge in [-0.15, -0.1) is 0 Å². The van der Waals surface area contributed by atoms with Crippen LogP contribution in [-0.4, -0.2) is 26.1 Å². The van der Waals surface area contributed by atoms with Crippen LogP contribution in [0, 0.1) is 11.7 Å². The molecule has 0 aromatic heterocycles. The van der Waals surface area contributed by atoms with Crippen molar-refractivity contribution in [3.8, 4) is 5.75 Å². The molecule has 2 aromatic rings. The number of halogens is 1. The Morgan fingerprint density at radius 1 is 1.20 bits per heavy atom. The van der Waals surface area contributed by atoms with E-state index in [9.17, 15) is 9.18 Å². The molecule has 3 rings (SSSR count). The highest BCUT2D eigenvalue weighted by Crippen LogP contribution is 2.25. The third-order valence-electron chi connectivity index (χ3n) is 4.42. The number of benzene rings is 2. The summed E-state index contributed by atoms with van der Waals surface area (Å²) in [6.07, 6.45) is 0.754. The molecule has 0 bridgehead atoms. The highest BCUT2D eigenvalue weighted by Gasteiger charge is 2.33. The summed E-state index contributed by atoms with van der Waals surface area (Å²) in [7, 11) is 1.64. The zero-order valence-corrected chi connectivity index (χ0v) is 14.1. The van der Waals surface area contributed by atoms with Crippen molar-refractivity contribution < 1.29 is 13.9 Å². The summed E-state index contributed by atoms with van der Waals surface area (Å²) in [6.45, 7) is 1.11. The minimum Gasteiger partial charge on any atom is -0.497 e. The summed E-state index contributed by atoms with van der Waals surface area (Å²) in [5, 5.41) is 2.99. The van der Waals surface area contributed by atoms with Crippen LogP contribution in [0.25, 0.3) is 0 Å². The molecule has 1 saturated heterocycles. The number of hydrazine groups is 1.